The van der Waals surface area contributed by atoms with Gasteiger partial charge in [-0.15, -0.1) is 0 Å². The molecule has 0 aliphatic carbocycles. The molecular weight excluding hydrogens is 352 g/mol. The van der Waals surface area contributed by atoms with Gasteiger partial charge in [-0.1, -0.05) is 18.7 Å². The minimum Gasteiger partial charge on any atom is -0.368 e. The number of benzene rings is 1. The number of carbonyl (C=O) groups is 1. The van der Waals surface area contributed by atoms with Gasteiger partial charge >= 0.3 is 0 Å². The second-order valence-corrected chi connectivity index (χ2v) is 7.43. The lowest BCUT2D eigenvalue weighted by Crippen LogP contribution is -2.25. The molecule has 0 aliphatic rings. The van der Waals surface area contributed by atoms with Crippen molar-refractivity contribution in [1.82, 2.24) is 15.0 Å². The SMILES string of the molecule is CCC(Sc1ncnc(N)n1)C(=O)Nc1ccc(S(N)(=O)=O)cc1. The van der Waals surface area contributed by atoms with E-state index in [0.717, 1.165) is 0 Å². The number of thioether (sulfide) groups is 1. The Morgan fingerprint density at radius 2 is 1.96 bits per heavy atom. The third kappa shape index (κ3) is 4.88. The average molecular weight is 368 g/mol. The van der Waals surface area contributed by atoms with E-state index in [-0.39, 0.29) is 16.8 Å². The van der Waals surface area contributed by atoms with E-state index < -0.39 is 15.3 Å². The first-order valence-electron chi connectivity index (χ1n) is 6.84. The number of carbonyl (C=O) groups excluding carboxylic acids is 1. The summed E-state index contributed by atoms with van der Waals surface area (Å²) in [5.41, 5.74) is 5.95. The molecule has 0 bridgehead atoms. The molecule has 0 fully saturated rings. The Morgan fingerprint density at radius 3 is 2.50 bits per heavy atom. The highest BCUT2D eigenvalue weighted by Gasteiger charge is 2.20. The van der Waals surface area contributed by atoms with Crippen LogP contribution in [0.15, 0.2) is 40.6 Å². The van der Waals surface area contributed by atoms with Gasteiger partial charge in [0.2, 0.25) is 21.9 Å². The smallest absolute Gasteiger partial charge is 0.238 e. The number of rotatable bonds is 6. The van der Waals surface area contributed by atoms with E-state index in [9.17, 15) is 13.2 Å². The summed E-state index contributed by atoms with van der Waals surface area (Å²) in [7, 11) is -3.76. The van der Waals surface area contributed by atoms with Crippen LogP contribution < -0.4 is 16.2 Å². The Balaban J connectivity index is 2.06. The first-order chi connectivity index (χ1) is 11.3. The molecule has 2 aromatic rings. The van der Waals surface area contributed by atoms with Crippen LogP contribution in [0.5, 0.6) is 0 Å². The predicted molar refractivity (Wildman–Crippen MR) is 90.6 cm³/mol. The molecule has 1 aromatic heterocycles. The molecule has 5 N–H and O–H groups in total. The molecule has 0 radical (unpaired) electrons. The third-order valence-corrected chi connectivity index (χ3v) is 5.10. The number of aromatic nitrogens is 3. The number of hydrogen-bond acceptors (Lipinski definition) is 8. The molecule has 11 heteroatoms. The Hall–Kier alpha value is -2.24. The van der Waals surface area contributed by atoms with Gasteiger partial charge in [0.05, 0.1) is 10.1 Å². The number of anilines is 2. The zero-order valence-electron chi connectivity index (χ0n) is 12.7. The summed E-state index contributed by atoms with van der Waals surface area (Å²) in [5.74, 6) is -0.175. The van der Waals surface area contributed by atoms with Gasteiger partial charge in [0.15, 0.2) is 5.16 Å². The Kier molecular flexibility index (Phi) is 5.70. The Morgan fingerprint density at radius 1 is 1.29 bits per heavy atom. The van der Waals surface area contributed by atoms with Gasteiger partial charge < -0.3 is 11.1 Å². The maximum absolute atomic E-state index is 12.3. The van der Waals surface area contributed by atoms with Crippen molar-refractivity contribution < 1.29 is 13.2 Å². The summed E-state index contributed by atoms with van der Waals surface area (Å²) in [5, 5.41) is 7.65. The lowest BCUT2D eigenvalue weighted by Gasteiger charge is -2.14. The number of nitrogens with zero attached hydrogens (tertiary/aromatic N) is 3. The maximum atomic E-state index is 12.3. The van der Waals surface area contributed by atoms with Crippen molar-refractivity contribution in [3.63, 3.8) is 0 Å². The van der Waals surface area contributed by atoms with Crippen molar-refractivity contribution in [2.24, 2.45) is 5.14 Å². The number of primary sulfonamides is 1. The molecule has 128 valence electrons. The molecule has 2 rings (SSSR count). The lowest BCUT2D eigenvalue weighted by molar-refractivity contribution is -0.115. The highest BCUT2D eigenvalue weighted by Crippen LogP contribution is 2.23. The monoisotopic (exact) mass is 368 g/mol. The summed E-state index contributed by atoms with van der Waals surface area (Å²) in [4.78, 5) is 23.9. The van der Waals surface area contributed by atoms with Crippen LogP contribution in [0.4, 0.5) is 11.6 Å². The molecule has 0 saturated carbocycles. The van der Waals surface area contributed by atoms with E-state index >= 15 is 0 Å². The van der Waals surface area contributed by atoms with Crippen LogP contribution in [0.2, 0.25) is 0 Å². The van der Waals surface area contributed by atoms with Gasteiger partial charge in [-0.2, -0.15) is 4.98 Å². The fourth-order valence-electron chi connectivity index (χ4n) is 1.75. The number of hydrogen-bond donors (Lipinski definition) is 3. The molecule has 24 heavy (non-hydrogen) atoms. The van der Waals surface area contributed by atoms with Gasteiger partial charge in [-0.25, -0.2) is 23.5 Å². The van der Waals surface area contributed by atoms with Crippen molar-refractivity contribution in [1.29, 1.82) is 0 Å². The first-order valence-corrected chi connectivity index (χ1v) is 9.27. The largest absolute Gasteiger partial charge is 0.368 e. The molecule has 1 heterocycles. The highest BCUT2D eigenvalue weighted by atomic mass is 32.2. The van der Waals surface area contributed by atoms with E-state index in [0.29, 0.717) is 17.3 Å². The molecule has 0 aliphatic heterocycles. The van der Waals surface area contributed by atoms with Crippen LogP contribution in [0.25, 0.3) is 0 Å². The van der Waals surface area contributed by atoms with E-state index in [1.54, 1.807) is 0 Å². The molecule has 9 nitrogen and oxygen atoms in total. The molecule has 1 atom stereocenters. The maximum Gasteiger partial charge on any atom is 0.238 e. The van der Waals surface area contributed by atoms with Gasteiger partial charge in [0.1, 0.15) is 6.33 Å². The van der Waals surface area contributed by atoms with Crippen molar-refractivity contribution in [3.05, 3.63) is 30.6 Å². The van der Waals surface area contributed by atoms with Gasteiger partial charge in [-0.3, -0.25) is 4.79 Å². The fraction of sp³-hybridized carbons (Fsp3) is 0.231. The van der Waals surface area contributed by atoms with Crippen LogP contribution in [0.3, 0.4) is 0 Å². The summed E-state index contributed by atoms with van der Waals surface area (Å²) in [6.45, 7) is 1.85. The van der Waals surface area contributed by atoms with Gasteiger partial charge in [0.25, 0.3) is 0 Å². The zero-order chi connectivity index (χ0) is 17.7. The molecule has 1 amide bonds. The molecule has 0 saturated heterocycles. The van der Waals surface area contributed by atoms with Gasteiger partial charge in [-0.05, 0) is 30.7 Å². The Bertz CT molecular complexity index is 826. The van der Waals surface area contributed by atoms with Crippen molar-refractivity contribution in [2.75, 3.05) is 11.1 Å². The average Bonchev–Trinajstić information content (AvgIpc) is 2.52. The number of sulfonamides is 1. The van der Waals surface area contributed by atoms with E-state index in [4.69, 9.17) is 10.9 Å². The van der Waals surface area contributed by atoms with Crippen molar-refractivity contribution >= 4 is 39.3 Å². The molecule has 1 unspecified atom stereocenters. The normalized spacial score (nSPS) is 12.6. The topological polar surface area (TPSA) is 154 Å². The van der Waals surface area contributed by atoms with Crippen LogP contribution in [-0.2, 0) is 14.8 Å². The third-order valence-electron chi connectivity index (χ3n) is 2.93. The summed E-state index contributed by atoms with van der Waals surface area (Å²) < 4.78 is 22.4. The minimum atomic E-state index is -3.76. The summed E-state index contributed by atoms with van der Waals surface area (Å²) in [6, 6.07) is 5.59. The van der Waals surface area contributed by atoms with Crippen LogP contribution in [0, 0.1) is 0 Å². The van der Waals surface area contributed by atoms with Crippen LogP contribution >= 0.6 is 11.8 Å². The zero-order valence-corrected chi connectivity index (χ0v) is 14.3. The van der Waals surface area contributed by atoms with Gasteiger partial charge in [0, 0.05) is 5.69 Å². The quantitative estimate of drug-likeness (QED) is 0.627. The number of nitrogens with one attached hydrogen (secondary N) is 1. The second-order valence-electron chi connectivity index (χ2n) is 4.70. The first kappa shape index (κ1) is 18.1. The van der Waals surface area contributed by atoms with E-state index in [1.165, 1.54) is 42.4 Å². The van der Waals surface area contributed by atoms with E-state index in [1.807, 2.05) is 6.92 Å². The summed E-state index contributed by atoms with van der Waals surface area (Å²) in [6.07, 6.45) is 1.82. The second kappa shape index (κ2) is 7.55. The van der Waals surface area contributed by atoms with Crippen LogP contribution in [-0.4, -0.2) is 34.5 Å². The number of nitrogen functional groups attached to an aromatic ring is 1. The van der Waals surface area contributed by atoms with E-state index in [2.05, 4.69) is 20.3 Å². The number of amides is 1. The fourth-order valence-corrected chi connectivity index (χ4v) is 3.11. The van der Waals surface area contributed by atoms with Crippen molar-refractivity contribution in [2.45, 2.75) is 28.6 Å². The minimum absolute atomic E-state index is 0.0254. The predicted octanol–water partition coefficient (Wildman–Crippen LogP) is 0.611. The standard InChI is InChI=1S/C13H16N6O3S2/c1-2-10(23-13-17-7-16-12(14)19-13)11(20)18-8-3-5-9(6-4-8)24(15,21)22/h3-7,10H,2H2,1H3,(H,18,20)(H2,15,21,22)(H2,14,16,17,19). The lowest BCUT2D eigenvalue weighted by atomic mass is 10.3. The number of nitrogens with two attached hydrogens (primary N) is 2. The van der Waals surface area contributed by atoms with Crippen LogP contribution in [0.1, 0.15) is 13.3 Å². The molecule has 0 spiro atoms. The Labute approximate surface area is 143 Å². The highest BCUT2D eigenvalue weighted by molar-refractivity contribution is 8.00. The summed E-state index contributed by atoms with van der Waals surface area (Å²) >= 11 is 1.17. The molecule has 1 aromatic carbocycles. The van der Waals surface area contributed by atoms with Crippen molar-refractivity contribution in [3.8, 4) is 0 Å². The molecular formula is C13H16N6O3S2.